The molecular formula is C16H13ClN2OS2. The Balaban J connectivity index is 1.66. The lowest BCUT2D eigenvalue weighted by Gasteiger charge is -1.98. The summed E-state index contributed by atoms with van der Waals surface area (Å²) in [5.41, 5.74) is 1.08. The lowest BCUT2D eigenvalue weighted by molar-refractivity contribution is -0.115. The maximum Gasteiger partial charge on any atom is 0.249 e. The van der Waals surface area contributed by atoms with Gasteiger partial charge in [0.2, 0.25) is 5.91 Å². The van der Waals surface area contributed by atoms with Gasteiger partial charge < -0.3 is 5.32 Å². The van der Waals surface area contributed by atoms with Gasteiger partial charge in [-0.15, -0.1) is 11.3 Å². The summed E-state index contributed by atoms with van der Waals surface area (Å²) >= 11 is 9.20. The number of amidine groups is 1. The molecule has 0 unspecified atom stereocenters. The van der Waals surface area contributed by atoms with Gasteiger partial charge in [0.15, 0.2) is 5.17 Å². The van der Waals surface area contributed by atoms with E-state index in [1.165, 1.54) is 6.08 Å². The molecule has 1 aliphatic rings. The van der Waals surface area contributed by atoms with E-state index in [-0.39, 0.29) is 5.91 Å². The summed E-state index contributed by atoms with van der Waals surface area (Å²) in [5, 5.41) is 4.20. The second-order valence-electron chi connectivity index (χ2n) is 4.57. The molecule has 0 bridgehead atoms. The number of carbonyl (C=O) groups is 1. The van der Waals surface area contributed by atoms with E-state index in [0.29, 0.717) is 5.17 Å². The van der Waals surface area contributed by atoms with Crippen LogP contribution >= 0.6 is 34.7 Å². The van der Waals surface area contributed by atoms with Crippen LogP contribution in [-0.2, 0) is 4.79 Å². The number of rotatable bonds is 3. The Bertz CT molecular complexity index is 752. The van der Waals surface area contributed by atoms with E-state index in [4.69, 9.17) is 11.6 Å². The van der Waals surface area contributed by atoms with Crippen LogP contribution < -0.4 is 5.32 Å². The minimum absolute atomic E-state index is 0.147. The molecule has 0 spiro atoms. The van der Waals surface area contributed by atoms with E-state index in [0.717, 1.165) is 32.6 Å². The van der Waals surface area contributed by atoms with Crippen molar-refractivity contribution < 1.29 is 4.79 Å². The first-order chi connectivity index (χ1) is 10.7. The van der Waals surface area contributed by atoms with Crippen LogP contribution in [0.15, 0.2) is 47.5 Å². The molecular weight excluding hydrogens is 336 g/mol. The van der Waals surface area contributed by atoms with Gasteiger partial charge in [0.25, 0.3) is 0 Å². The van der Waals surface area contributed by atoms with Gasteiger partial charge in [-0.25, -0.2) is 0 Å². The number of halogens is 1. The molecule has 0 radical (unpaired) electrons. The fraction of sp³-hybridized carbons (Fsp3) is 0.125. The quantitative estimate of drug-likeness (QED) is 0.840. The highest BCUT2D eigenvalue weighted by Gasteiger charge is 2.08. The van der Waals surface area contributed by atoms with E-state index in [1.54, 1.807) is 23.1 Å². The molecule has 0 aliphatic carbocycles. The van der Waals surface area contributed by atoms with Crippen molar-refractivity contribution in [3.8, 4) is 10.4 Å². The number of aliphatic imine (C=N–C) groups is 1. The molecule has 2 aromatic rings. The van der Waals surface area contributed by atoms with Gasteiger partial charge in [-0.2, -0.15) is 0 Å². The lowest BCUT2D eigenvalue weighted by Crippen LogP contribution is -2.25. The maximum atomic E-state index is 11.8. The average molecular weight is 349 g/mol. The highest BCUT2D eigenvalue weighted by Crippen LogP contribution is 2.30. The standard InChI is InChI=1S/C16H13ClN2OS2/c17-12-3-1-2-11(10-12)14-6-4-13(22-14)5-7-15(20)19-16-18-8-9-21-16/h1-7,10H,8-9H2,(H,18,19,20)/b7-5+. The van der Waals surface area contributed by atoms with Crippen LogP contribution in [0.4, 0.5) is 0 Å². The smallest absolute Gasteiger partial charge is 0.249 e. The molecule has 6 heteroatoms. The number of nitrogens with one attached hydrogen (secondary N) is 1. The molecule has 3 rings (SSSR count). The summed E-state index contributed by atoms with van der Waals surface area (Å²) in [5.74, 6) is 0.790. The van der Waals surface area contributed by atoms with E-state index >= 15 is 0 Å². The van der Waals surface area contributed by atoms with E-state index in [9.17, 15) is 4.79 Å². The third kappa shape index (κ3) is 4.00. The number of carbonyl (C=O) groups excluding carboxylic acids is 1. The second-order valence-corrected chi connectivity index (χ2v) is 7.21. The van der Waals surface area contributed by atoms with Crippen LogP contribution in [0, 0.1) is 0 Å². The molecule has 112 valence electrons. The maximum absolute atomic E-state index is 11.8. The van der Waals surface area contributed by atoms with Gasteiger partial charge in [0.1, 0.15) is 0 Å². The van der Waals surface area contributed by atoms with Crippen LogP contribution in [-0.4, -0.2) is 23.4 Å². The zero-order valence-electron chi connectivity index (χ0n) is 11.6. The predicted octanol–water partition coefficient (Wildman–Crippen LogP) is 4.30. The summed E-state index contributed by atoms with van der Waals surface area (Å²) in [6.07, 6.45) is 3.35. The van der Waals surface area contributed by atoms with Crippen molar-refractivity contribution in [1.82, 2.24) is 5.32 Å². The normalized spacial score (nSPS) is 14.3. The Hall–Kier alpha value is -1.56. The molecule has 3 nitrogen and oxygen atoms in total. The molecule has 1 aliphatic heterocycles. The number of benzene rings is 1. The SMILES string of the molecule is O=C(/C=C/c1ccc(-c2cccc(Cl)c2)s1)NC1=NCCS1. The molecule has 2 heterocycles. The Labute approximate surface area is 142 Å². The molecule has 0 atom stereocenters. The topological polar surface area (TPSA) is 41.5 Å². The largest absolute Gasteiger partial charge is 0.302 e. The fourth-order valence-corrected chi connectivity index (χ4v) is 3.78. The van der Waals surface area contributed by atoms with Gasteiger partial charge in [0, 0.05) is 26.6 Å². The molecule has 22 heavy (non-hydrogen) atoms. The molecule has 0 fully saturated rings. The lowest BCUT2D eigenvalue weighted by atomic mass is 10.2. The highest BCUT2D eigenvalue weighted by molar-refractivity contribution is 8.14. The second kappa shape index (κ2) is 7.13. The summed E-state index contributed by atoms with van der Waals surface area (Å²) in [6, 6.07) is 11.8. The average Bonchev–Trinajstić information content (AvgIpc) is 3.16. The van der Waals surface area contributed by atoms with Crippen molar-refractivity contribution in [3.63, 3.8) is 0 Å². The van der Waals surface area contributed by atoms with Crippen molar-refractivity contribution in [2.45, 2.75) is 0 Å². The summed E-state index contributed by atoms with van der Waals surface area (Å²) in [4.78, 5) is 18.1. The fourth-order valence-electron chi connectivity index (χ4n) is 1.95. The van der Waals surface area contributed by atoms with Gasteiger partial charge in [-0.05, 0) is 35.9 Å². The number of hydrogen-bond donors (Lipinski definition) is 1. The van der Waals surface area contributed by atoms with E-state index in [1.807, 2.05) is 42.5 Å². The van der Waals surface area contributed by atoms with Gasteiger partial charge in [0.05, 0.1) is 6.54 Å². The van der Waals surface area contributed by atoms with Crippen LogP contribution in [0.5, 0.6) is 0 Å². The molecule has 1 amide bonds. The van der Waals surface area contributed by atoms with Crippen LogP contribution in [0.1, 0.15) is 4.88 Å². The Kier molecular flexibility index (Phi) is 4.97. The van der Waals surface area contributed by atoms with Crippen molar-refractivity contribution >= 4 is 51.9 Å². The first-order valence-electron chi connectivity index (χ1n) is 6.73. The highest BCUT2D eigenvalue weighted by atomic mass is 35.5. The monoisotopic (exact) mass is 348 g/mol. The van der Waals surface area contributed by atoms with Crippen LogP contribution in [0.3, 0.4) is 0 Å². The van der Waals surface area contributed by atoms with Gasteiger partial charge in [-0.3, -0.25) is 9.79 Å². The number of thiophene rings is 1. The van der Waals surface area contributed by atoms with Crippen molar-refractivity contribution in [1.29, 1.82) is 0 Å². The summed E-state index contributed by atoms with van der Waals surface area (Å²) < 4.78 is 0. The van der Waals surface area contributed by atoms with Crippen molar-refractivity contribution in [2.24, 2.45) is 4.99 Å². The van der Waals surface area contributed by atoms with Crippen LogP contribution in [0.2, 0.25) is 5.02 Å². The number of hydrogen-bond acceptors (Lipinski definition) is 4. The third-order valence-corrected chi connectivity index (χ3v) is 5.18. The molecule has 0 saturated heterocycles. The van der Waals surface area contributed by atoms with E-state index < -0.39 is 0 Å². The zero-order chi connectivity index (χ0) is 15.4. The minimum atomic E-state index is -0.147. The first-order valence-corrected chi connectivity index (χ1v) is 8.91. The molecule has 1 aromatic carbocycles. The number of amides is 1. The Morgan fingerprint density at radius 1 is 1.32 bits per heavy atom. The van der Waals surface area contributed by atoms with Crippen molar-refractivity contribution in [3.05, 3.63) is 52.4 Å². The predicted molar refractivity (Wildman–Crippen MR) is 96.7 cm³/mol. The first kappa shape index (κ1) is 15.3. The van der Waals surface area contributed by atoms with E-state index in [2.05, 4.69) is 10.3 Å². The van der Waals surface area contributed by atoms with Crippen molar-refractivity contribution in [2.75, 3.05) is 12.3 Å². The van der Waals surface area contributed by atoms with Crippen LogP contribution in [0.25, 0.3) is 16.5 Å². The van der Waals surface area contributed by atoms with Gasteiger partial charge in [-0.1, -0.05) is 35.5 Å². The molecule has 1 aromatic heterocycles. The molecule has 1 N–H and O–H groups in total. The molecule has 0 saturated carbocycles. The number of nitrogens with zero attached hydrogens (tertiary/aromatic N) is 1. The Morgan fingerprint density at radius 3 is 3.00 bits per heavy atom. The third-order valence-electron chi connectivity index (χ3n) is 2.95. The van der Waals surface area contributed by atoms with Gasteiger partial charge >= 0.3 is 0 Å². The zero-order valence-corrected chi connectivity index (χ0v) is 14.0. The summed E-state index contributed by atoms with van der Waals surface area (Å²) in [7, 11) is 0. The minimum Gasteiger partial charge on any atom is -0.302 e. The summed E-state index contributed by atoms with van der Waals surface area (Å²) in [6.45, 7) is 0.776. The number of thioether (sulfide) groups is 1. The Morgan fingerprint density at radius 2 is 2.23 bits per heavy atom.